The summed E-state index contributed by atoms with van der Waals surface area (Å²) >= 11 is 0. The molecule has 10 atom stereocenters. The molecular formula is C15H27NO11. The van der Waals surface area contributed by atoms with Crippen LogP contribution in [0.3, 0.4) is 0 Å². The van der Waals surface area contributed by atoms with Gasteiger partial charge >= 0.3 is 0 Å². The topological polar surface area (TPSA) is 187 Å². The van der Waals surface area contributed by atoms with Gasteiger partial charge in [0.15, 0.2) is 12.6 Å². The lowest BCUT2D eigenvalue weighted by Gasteiger charge is -2.47. The summed E-state index contributed by atoms with van der Waals surface area (Å²) in [5.74, 6) is -0.547. The molecule has 7 N–H and O–H groups in total. The lowest BCUT2D eigenvalue weighted by Crippen LogP contribution is -2.67. The molecule has 12 nitrogen and oxygen atoms in total. The summed E-state index contributed by atoms with van der Waals surface area (Å²) in [5, 5.41) is 61.9. The number of nitrogens with one attached hydrogen (secondary N) is 1. The van der Waals surface area contributed by atoms with E-state index in [1.807, 2.05) is 0 Å². The van der Waals surface area contributed by atoms with Crippen molar-refractivity contribution >= 4 is 5.91 Å². The van der Waals surface area contributed by atoms with E-state index < -0.39 is 80.5 Å². The van der Waals surface area contributed by atoms with Gasteiger partial charge in [0.1, 0.15) is 48.8 Å². The first-order valence-electron chi connectivity index (χ1n) is 8.45. The molecule has 2 fully saturated rings. The van der Waals surface area contributed by atoms with Crippen LogP contribution in [0.15, 0.2) is 0 Å². The maximum atomic E-state index is 11.4. The van der Waals surface area contributed by atoms with Gasteiger partial charge in [-0.1, -0.05) is 0 Å². The molecule has 1 amide bonds. The van der Waals surface area contributed by atoms with E-state index >= 15 is 0 Å². The summed E-state index contributed by atoms with van der Waals surface area (Å²) in [4.78, 5) is 11.4. The minimum Gasteiger partial charge on any atom is -0.394 e. The Morgan fingerprint density at radius 2 is 1.52 bits per heavy atom. The number of aliphatic hydroxyl groups excluding tert-OH is 6. The number of hydrogen-bond acceptors (Lipinski definition) is 11. The maximum Gasteiger partial charge on any atom is 0.217 e. The van der Waals surface area contributed by atoms with Crippen LogP contribution >= 0.6 is 0 Å². The number of carbonyl (C=O) groups is 1. The Bertz CT molecular complexity index is 494. The lowest BCUT2D eigenvalue weighted by molar-refractivity contribution is -0.343. The number of amides is 1. The van der Waals surface area contributed by atoms with Gasteiger partial charge in [-0.25, -0.2) is 0 Å². The minimum absolute atomic E-state index is 0.547. The Hall–Kier alpha value is -0.930. The molecule has 0 spiro atoms. The molecule has 2 heterocycles. The van der Waals surface area contributed by atoms with Gasteiger partial charge in [-0.05, 0) is 0 Å². The number of hydrogen-bond donors (Lipinski definition) is 7. The molecular weight excluding hydrogens is 370 g/mol. The zero-order valence-corrected chi connectivity index (χ0v) is 14.9. The van der Waals surface area contributed by atoms with E-state index in [1.165, 1.54) is 14.0 Å². The number of ether oxygens (including phenoxy) is 4. The van der Waals surface area contributed by atoms with Crippen molar-refractivity contribution in [3.8, 4) is 0 Å². The normalized spacial score (nSPS) is 45.5. The molecule has 2 aliphatic rings. The standard InChI is InChI=1S/C15H27NO11/c1-5(19)16-8-12(9(20)6(3-17)25-14(8)23)27-15-11(22)13(24-2)10(21)7(4-18)26-15/h6-15,17-18,20-23H,3-4H2,1-2H3,(H,16,19)/t6-,7-,8-,9-,10+,11-,12-,13+,14-,15+/m1/s1. The van der Waals surface area contributed by atoms with Crippen LogP contribution < -0.4 is 5.32 Å². The smallest absolute Gasteiger partial charge is 0.217 e. The Balaban J connectivity index is 2.24. The maximum absolute atomic E-state index is 11.4. The summed E-state index contributed by atoms with van der Waals surface area (Å²) in [7, 11) is 1.24. The second kappa shape index (κ2) is 9.52. The van der Waals surface area contributed by atoms with Crippen molar-refractivity contribution in [2.45, 2.75) is 68.3 Å². The van der Waals surface area contributed by atoms with E-state index in [1.54, 1.807) is 0 Å². The highest BCUT2D eigenvalue weighted by molar-refractivity contribution is 5.73. The van der Waals surface area contributed by atoms with E-state index in [0.717, 1.165) is 0 Å². The number of rotatable bonds is 6. The first-order valence-corrected chi connectivity index (χ1v) is 8.45. The van der Waals surface area contributed by atoms with Crippen LogP contribution in [0.4, 0.5) is 0 Å². The van der Waals surface area contributed by atoms with Gasteiger partial charge in [0, 0.05) is 14.0 Å². The van der Waals surface area contributed by atoms with Gasteiger partial charge in [0.25, 0.3) is 0 Å². The molecule has 0 aliphatic carbocycles. The summed E-state index contributed by atoms with van der Waals surface area (Å²) in [6.07, 6.45) is -12.3. The van der Waals surface area contributed by atoms with Crippen molar-refractivity contribution in [3.05, 3.63) is 0 Å². The van der Waals surface area contributed by atoms with Crippen molar-refractivity contribution < 1.29 is 54.4 Å². The summed E-state index contributed by atoms with van der Waals surface area (Å²) < 4.78 is 21.0. The van der Waals surface area contributed by atoms with Gasteiger partial charge in [-0.3, -0.25) is 4.79 Å². The van der Waals surface area contributed by atoms with Crippen molar-refractivity contribution in [2.75, 3.05) is 20.3 Å². The molecule has 158 valence electrons. The van der Waals surface area contributed by atoms with E-state index in [4.69, 9.17) is 18.9 Å². The zero-order chi connectivity index (χ0) is 20.3. The SMILES string of the molecule is CO[C@H]1[C@@H](O)[C@@H](CO)O[C@@H](O[C@H]2[C@H](O)[C@@H](CO)O[C@@H](O)[C@@H]2NC(C)=O)[C@@H]1O. The monoisotopic (exact) mass is 397 g/mol. The van der Waals surface area contributed by atoms with Crippen LogP contribution in [0, 0.1) is 0 Å². The number of carbonyl (C=O) groups excluding carboxylic acids is 1. The molecule has 27 heavy (non-hydrogen) atoms. The molecule has 0 saturated carbocycles. The van der Waals surface area contributed by atoms with E-state index in [9.17, 15) is 35.4 Å². The fourth-order valence-electron chi connectivity index (χ4n) is 3.23. The molecule has 0 radical (unpaired) electrons. The number of aliphatic hydroxyl groups is 6. The van der Waals surface area contributed by atoms with Gasteiger partial charge in [0.05, 0.1) is 13.2 Å². The third kappa shape index (κ3) is 4.74. The third-order valence-corrected chi connectivity index (χ3v) is 4.63. The second-order valence-corrected chi connectivity index (χ2v) is 6.47. The third-order valence-electron chi connectivity index (χ3n) is 4.63. The van der Waals surface area contributed by atoms with Crippen LogP contribution in [0.2, 0.25) is 0 Å². The highest BCUT2D eigenvalue weighted by atomic mass is 16.7. The van der Waals surface area contributed by atoms with Crippen LogP contribution in [0.5, 0.6) is 0 Å². The highest BCUT2D eigenvalue weighted by Crippen LogP contribution is 2.29. The molecule has 0 bridgehead atoms. The molecule has 0 unspecified atom stereocenters. The quantitative estimate of drug-likeness (QED) is 0.228. The fourth-order valence-corrected chi connectivity index (χ4v) is 3.23. The van der Waals surface area contributed by atoms with Crippen molar-refractivity contribution in [3.63, 3.8) is 0 Å². The molecule has 2 aliphatic heterocycles. The molecule has 0 aromatic heterocycles. The molecule has 12 heteroatoms. The van der Waals surface area contributed by atoms with Gasteiger partial charge in [0.2, 0.25) is 5.91 Å². The van der Waals surface area contributed by atoms with E-state index in [-0.39, 0.29) is 0 Å². The number of methoxy groups -OCH3 is 1. The minimum atomic E-state index is -1.61. The van der Waals surface area contributed by atoms with Crippen molar-refractivity contribution in [1.29, 1.82) is 0 Å². The van der Waals surface area contributed by atoms with E-state index in [0.29, 0.717) is 0 Å². The average Bonchev–Trinajstić information content (AvgIpc) is 2.62. The summed E-state index contributed by atoms with van der Waals surface area (Å²) in [6, 6.07) is -1.24. The Morgan fingerprint density at radius 3 is 2.04 bits per heavy atom. The van der Waals surface area contributed by atoms with E-state index in [2.05, 4.69) is 5.32 Å². The molecule has 0 aromatic carbocycles. The summed E-state index contributed by atoms with van der Waals surface area (Å²) in [6.45, 7) is -0.0576. The van der Waals surface area contributed by atoms with Gasteiger partial charge < -0.3 is 54.9 Å². The largest absolute Gasteiger partial charge is 0.394 e. The molecule has 2 saturated heterocycles. The highest BCUT2D eigenvalue weighted by Gasteiger charge is 2.51. The van der Waals surface area contributed by atoms with Crippen LogP contribution in [0.1, 0.15) is 6.92 Å². The first kappa shape index (κ1) is 22.4. The predicted molar refractivity (Wildman–Crippen MR) is 85.0 cm³/mol. The molecule has 2 rings (SSSR count). The Kier molecular flexibility index (Phi) is 7.88. The average molecular weight is 397 g/mol. The van der Waals surface area contributed by atoms with Gasteiger partial charge in [-0.2, -0.15) is 0 Å². The van der Waals surface area contributed by atoms with Gasteiger partial charge in [-0.15, -0.1) is 0 Å². The predicted octanol–water partition coefficient (Wildman–Crippen LogP) is -4.60. The second-order valence-electron chi connectivity index (χ2n) is 6.47. The zero-order valence-electron chi connectivity index (χ0n) is 14.9. The van der Waals surface area contributed by atoms with Crippen LogP contribution in [0.25, 0.3) is 0 Å². The Labute approximate surface area is 155 Å². The van der Waals surface area contributed by atoms with Crippen molar-refractivity contribution in [1.82, 2.24) is 5.32 Å². The first-order chi connectivity index (χ1) is 12.7. The summed E-state index contributed by atoms with van der Waals surface area (Å²) in [5.41, 5.74) is 0. The lowest BCUT2D eigenvalue weighted by atomic mass is 9.95. The van der Waals surface area contributed by atoms with Crippen LogP contribution in [-0.4, -0.2) is 118 Å². The molecule has 0 aromatic rings. The van der Waals surface area contributed by atoms with Crippen molar-refractivity contribution in [2.24, 2.45) is 0 Å². The Morgan fingerprint density at radius 1 is 0.963 bits per heavy atom. The van der Waals surface area contributed by atoms with Crippen LogP contribution in [-0.2, 0) is 23.7 Å². The fraction of sp³-hybridized carbons (Fsp3) is 0.933.